The molecule has 6 heteroatoms. The predicted molar refractivity (Wildman–Crippen MR) is 51.6 cm³/mol. The SMILES string of the molecule is CC(C)(C)N1O[C@@H](CO)[C@H](O)[C@H](O)[C@H]1O. The first-order chi connectivity index (χ1) is 6.79. The molecule has 0 radical (unpaired) electrons. The Hall–Kier alpha value is -0.240. The molecular formula is C9H19NO5. The number of aliphatic hydroxyl groups is 4. The number of hydroxylamine groups is 2. The van der Waals surface area contributed by atoms with Crippen molar-refractivity contribution in [3.8, 4) is 0 Å². The zero-order chi connectivity index (χ0) is 11.8. The minimum Gasteiger partial charge on any atom is -0.393 e. The molecule has 0 aromatic rings. The molecule has 1 rings (SSSR count). The highest BCUT2D eigenvalue weighted by atomic mass is 16.7. The maximum Gasteiger partial charge on any atom is 0.158 e. The first-order valence-electron chi connectivity index (χ1n) is 4.90. The summed E-state index contributed by atoms with van der Waals surface area (Å²) in [6, 6.07) is 0. The average molecular weight is 221 g/mol. The second kappa shape index (κ2) is 4.32. The van der Waals surface area contributed by atoms with E-state index in [9.17, 15) is 15.3 Å². The fourth-order valence-corrected chi connectivity index (χ4v) is 1.50. The summed E-state index contributed by atoms with van der Waals surface area (Å²) in [6.07, 6.45) is -4.86. The Kier molecular flexibility index (Phi) is 3.70. The molecule has 0 spiro atoms. The summed E-state index contributed by atoms with van der Waals surface area (Å²) in [5, 5.41) is 38.8. The van der Waals surface area contributed by atoms with E-state index in [1.165, 1.54) is 5.06 Å². The lowest BCUT2D eigenvalue weighted by Gasteiger charge is -2.47. The van der Waals surface area contributed by atoms with Gasteiger partial charge in [0.15, 0.2) is 6.23 Å². The third-order valence-electron chi connectivity index (χ3n) is 2.37. The Morgan fingerprint density at radius 3 is 2.07 bits per heavy atom. The van der Waals surface area contributed by atoms with Crippen LogP contribution in [0.3, 0.4) is 0 Å². The van der Waals surface area contributed by atoms with Gasteiger partial charge in [-0.1, -0.05) is 0 Å². The fraction of sp³-hybridized carbons (Fsp3) is 1.00. The molecule has 1 fully saturated rings. The smallest absolute Gasteiger partial charge is 0.158 e. The molecule has 1 aliphatic heterocycles. The number of hydrogen-bond donors (Lipinski definition) is 4. The fourth-order valence-electron chi connectivity index (χ4n) is 1.50. The van der Waals surface area contributed by atoms with Gasteiger partial charge in [0.2, 0.25) is 0 Å². The van der Waals surface area contributed by atoms with E-state index in [2.05, 4.69) is 0 Å². The van der Waals surface area contributed by atoms with Crippen LogP contribution in [-0.4, -0.2) is 62.2 Å². The van der Waals surface area contributed by atoms with Crippen molar-refractivity contribution >= 4 is 0 Å². The summed E-state index contributed by atoms with van der Waals surface area (Å²) in [5.41, 5.74) is -0.534. The van der Waals surface area contributed by atoms with Gasteiger partial charge in [0, 0.05) is 5.54 Å². The van der Waals surface area contributed by atoms with E-state index in [-0.39, 0.29) is 0 Å². The Bertz CT molecular complexity index is 215. The van der Waals surface area contributed by atoms with Crippen molar-refractivity contribution in [2.24, 2.45) is 0 Å². The average Bonchev–Trinajstić information content (AvgIpc) is 2.13. The standard InChI is InChI=1S/C9H19NO5/c1-9(2,3)10-8(14)7(13)6(12)5(4-11)15-10/h5-8,11-14H,4H2,1-3H3/t5-,6-,7-,8+/m0/s1. The van der Waals surface area contributed by atoms with E-state index >= 15 is 0 Å². The van der Waals surface area contributed by atoms with Crippen molar-refractivity contribution in [3.05, 3.63) is 0 Å². The van der Waals surface area contributed by atoms with E-state index < -0.39 is 36.7 Å². The largest absolute Gasteiger partial charge is 0.393 e. The maximum atomic E-state index is 9.67. The molecule has 90 valence electrons. The topological polar surface area (TPSA) is 93.4 Å². The molecule has 0 unspecified atom stereocenters. The molecule has 1 aliphatic rings. The summed E-state index contributed by atoms with van der Waals surface area (Å²) < 4.78 is 0. The van der Waals surface area contributed by atoms with Crippen molar-refractivity contribution in [2.45, 2.75) is 50.8 Å². The number of hydrogen-bond acceptors (Lipinski definition) is 6. The van der Waals surface area contributed by atoms with Gasteiger partial charge in [-0.25, -0.2) is 0 Å². The molecule has 6 nitrogen and oxygen atoms in total. The highest BCUT2D eigenvalue weighted by molar-refractivity contribution is 4.88. The van der Waals surface area contributed by atoms with Gasteiger partial charge in [-0.3, -0.25) is 4.84 Å². The third-order valence-corrected chi connectivity index (χ3v) is 2.37. The van der Waals surface area contributed by atoms with Crippen LogP contribution in [0.5, 0.6) is 0 Å². The van der Waals surface area contributed by atoms with Crippen molar-refractivity contribution in [1.29, 1.82) is 0 Å². The van der Waals surface area contributed by atoms with Gasteiger partial charge in [0.1, 0.15) is 18.3 Å². The Balaban J connectivity index is 2.83. The van der Waals surface area contributed by atoms with Crippen LogP contribution >= 0.6 is 0 Å². The molecule has 15 heavy (non-hydrogen) atoms. The summed E-state index contributed by atoms with van der Waals surface area (Å²) >= 11 is 0. The van der Waals surface area contributed by atoms with Gasteiger partial charge in [0.25, 0.3) is 0 Å². The van der Waals surface area contributed by atoms with Gasteiger partial charge < -0.3 is 20.4 Å². The Labute approximate surface area is 88.7 Å². The monoisotopic (exact) mass is 221 g/mol. The van der Waals surface area contributed by atoms with Crippen molar-refractivity contribution in [2.75, 3.05) is 6.61 Å². The first kappa shape index (κ1) is 12.8. The number of aliphatic hydroxyl groups excluding tert-OH is 4. The van der Waals surface area contributed by atoms with Crippen LogP contribution in [-0.2, 0) is 4.84 Å². The molecule has 0 bridgehead atoms. The summed E-state index contributed by atoms with van der Waals surface area (Å²) in [6.45, 7) is 4.94. The second-order valence-corrected chi connectivity index (χ2v) is 4.72. The van der Waals surface area contributed by atoms with E-state index in [0.29, 0.717) is 0 Å². The quantitative estimate of drug-likeness (QED) is 0.427. The lowest BCUT2D eigenvalue weighted by molar-refractivity contribution is -0.378. The zero-order valence-corrected chi connectivity index (χ0v) is 9.16. The molecular weight excluding hydrogens is 202 g/mol. The maximum absolute atomic E-state index is 9.67. The van der Waals surface area contributed by atoms with Crippen LogP contribution in [0.1, 0.15) is 20.8 Å². The van der Waals surface area contributed by atoms with Crippen molar-refractivity contribution in [1.82, 2.24) is 5.06 Å². The normalized spacial score (nSPS) is 39.4. The van der Waals surface area contributed by atoms with Crippen LogP contribution in [0.25, 0.3) is 0 Å². The third kappa shape index (κ3) is 2.47. The lowest BCUT2D eigenvalue weighted by atomic mass is 10.0. The molecule has 4 N–H and O–H groups in total. The zero-order valence-electron chi connectivity index (χ0n) is 9.16. The van der Waals surface area contributed by atoms with Gasteiger partial charge in [0.05, 0.1) is 6.61 Å². The van der Waals surface area contributed by atoms with Gasteiger partial charge in [-0.05, 0) is 20.8 Å². The van der Waals surface area contributed by atoms with E-state index in [1.807, 2.05) is 0 Å². The minimum atomic E-state index is -1.35. The highest BCUT2D eigenvalue weighted by Crippen LogP contribution is 2.26. The van der Waals surface area contributed by atoms with Crippen LogP contribution in [0.4, 0.5) is 0 Å². The predicted octanol–water partition coefficient (Wildman–Crippen LogP) is -1.57. The van der Waals surface area contributed by atoms with Crippen molar-refractivity contribution in [3.63, 3.8) is 0 Å². The summed E-state index contributed by atoms with van der Waals surface area (Å²) in [7, 11) is 0. The molecule has 0 aliphatic carbocycles. The molecule has 1 saturated heterocycles. The Morgan fingerprint density at radius 1 is 1.13 bits per heavy atom. The van der Waals surface area contributed by atoms with Gasteiger partial charge >= 0.3 is 0 Å². The second-order valence-electron chi connectivity index (χ2n) is 4.72. The summed E-state index contributed by atoms with van der Waals surface area (Å²) in [5.74, 6) is 0. The van der Waals surface area contributed by atoms with Crippen LogP contribution < -0.4 is 0 Å². The van der Waals surface area contributed by atoms with E-state index in [4.69, 9.17) is 9.94 Å². The molecule has 4 atom stereocenters. The lowest BCUT2D eigenvalue weighted by Crippen LogP contribution is -2.65. The van der Waals surface area contributed by atoms with Crippen molar-refractivity contribution < 1.29 is 25.3 Å². The van der Waals surface area contributed by atoms with Crippen LogP contribution in [0.15, 0.2) is 0 Å². The molecule has 1 heterocycles. The molecule has 0 saturated carbocycles. The van der Waals surface area contributed by atoms with Gasteiger partial charge in [-0.15, -0.1) is 0 Å². The van der Waals surface area contributed by atoms with Crippen LogP contribution in [0, 0.1) is 0 Å². The van der Waals surface area contributed by atoms with E-state index in [0.717, 1.165) is 0 Å². The van der Waals surface area contributed by atoms with E-state index in [1.54, 1.807) is 20.8 Å². The minimum absolute atomic E-state index is 0.419. The Morgan fingerprint density at radius 2 is 1.67 bits per heavy atom. The number of rotatable bonds is 1. The highest BCUT2D eigenvalue weighted by Gasteiger charge is 2.46. The molecule has 0 amide bonds. The van der Waals surface area contributed by atoms with Crippen LogP contribution in [0.2, 0.25) is 0 Å². The molecule has 0 aromatic heterocycles. The first-order valence-corrected chi connectivity index (χ1v) is 4.90. The molecule has 0 aromatic carbocycles. The summed E-state index contributed by atoms with van der Waals surface area (Å²) in [4.78, 5) is 5.22. The van der Waals surface area contributed by atoms with Gasteiger partial charge in [-0.2, -0.15) is 5.06 Å². The number of nitrogens with zero attached hydrogens (tertiary/aromatic N) is 1.